The maximum atomic E-state index is 4.92. The highest BCUT2D eigenvalue weighted by atomic mass is 32.2. The Balaban J connectivity index is 1.29. The molecule has 0 radical (unpaired) electrons. The zero-order valence-corrected chi connectivity index (χ0v) is 22.7. The monoisotopic (exact) mass is 524 g/mol. The molecule has 0 spiro atoms. The van der Waals surface area contributed by atoms with E-state index in [1.165, 1.54) is 59.4 Å². The van der Waals surface area contributed by atoms with E-state index >= 15 is 0 Å². The molecule has 2 heterocycles. The van der Waals surface area contributed by atoms with Crippen molar-refractivity contribution in [2.24, 2.45) is 0 Å². The molecule has 0 N–H and O–H groups in total. The van der Waals surface area contributed by atoms with Crippen LogP contribution >= 0.6 is 23.1 Å². The van der Waals surface area contributed by atoms with Gasteiger partial charge in [0.15, 0.2) is 0 Å². The Morgan fingerprint density at radius 1 is 0.658 bits per heavy atom. The lowest BCUT2D eigenvalue weighted by Gasteiger charge is -2.33. The predicted octanol–water partition coefficient (Wildman–Crippen LogP) is 10.2. The average molecular weight is 525 g/mol. The largest absolute Gasteiger partial charge is 0.308 e. The van der Waals surface area contributed by atoms with Crippen molar-refractivity contribution in [3.05, 3.63) is 120 Å². The van der Waals surface area contributed by atoms with E-state index in [-0.39, 0.29) is 5.41 Å². The highest BCUT2D eigenvalue weighted by Crippen LogP contribution is 2.55. The van der Waals surface area contributed by atoms with Gasteiger partial charge < -0.3 is 4.90 Å². The molecule has 1 aromatic heterocycles. The average Bonchev–Trinajstić information content (AvgIpc) is 3.48. The molecule has 0 amide bonds. The van der Waals surface area contributed by atoms with E-state index in [1.807, 2.05) is 11.8 Å². The van der Waals surface area contributed by atoms with Gasteiger partial charge in [-0.25, -0.2) is 4.98 Å². The summed E-state index contributed by atoms with van der Waals surface area (Å²) in [6.07, 6.45) is 0. The summed E-state index contributed by atoms with van der Waals surface area (Å²) >= 11 is 3.60. The number of hydrogen-bond donors (Lipinski definition) is 0. The molecule has 4 heteroatoms. The van der Waals surface area contributed by atoms with E-state index in [0.29, 0.717) is 0 Å². The molecule has 0 saturated carbocycles. The van der Waals surface area contributed by atoms with Crippen LogP contribution in [-0.4, -0.2) is 4.98 Å². The minimum Gasteiger partial charge on any atom is -0.308 e. The zero-order chi connectivity index (χ0) is 25.4. The number of fused-ring (bicyclic) bond motifs is 6. The van der Waals surface area contributed by atoms with Crippen molar-refractivity contribution in [1.29, 1.82) is 0 Å². The van der Waals surface area contributed by atoms with Crippen LogP contribution in [0.5, 0.6) is 0 Å². The lowest BCUT2D eigenvalue weighted by Crippen LogP contribution is -2.16. The fourth-order valence-electron chi connectivity index (χ4n) is 6.01. The molecule has 1 aliphatic heterocycles. The molecule has 1 aliphatic carbocycles. The molecule has 0 bridgehead atoms. The summed E-state index contributed by atoms with van der Waals surface area (Å²) in [5.74, 6) is 0. The molecule has 0 unspecified atom stereocenters. The van der Waals surface area contributed by atoms with Crippen molar-refractivity contribution in [1.82, 2.24) is 4.98 Å². The zero-order valence-electron chi connectivity index (χ0n) is 21.1. The van der Waals surface area contributed by atoms with Gasteiger partial charge in [-0.2, -0.15) is 0 Å². The fraction of sp³-hybridized carbons (Fsp3) is 0.0882. The molecule has 0 atom stereocenters. The van der Waals surface area contributed by atoms with Crippen molar-refractivity contribution in [2.75, 3.05) is 4.90 Å². The number of rotatable bonds is 2. The number of thiazole rings is 1. The standard InChI is InChI=1S/C34H24N2S2/c1-34(2)25-10-4-3-9-23(25)24-20-22(16-17-26(24)34)36-28-12-6-8-14-31(28)37-32-19-21(15-18-29(32)36)33-35-27-11-5-7-13-30(27)38-33/h3-20H,1-2H3. The first-order valence-corrected chi connectivity index (χ1v) is 14.5. The SMILES string of the molecule is CC1(C)c2ccccc2-c2cc(N3c4ccccc4Sc4cc(-c5nc6ccccc6s5)ccc43)ccc21. The number of aromatic nitrogens is 1. The van der Waals surface area contributed by atoms with Crippen LogP contribution in [0.25, 0.3) is 31.9 Å². The van der Waals surface area contributed by atoms with Crippen LogP contribution in [0, 0.1) is 0 Å². The summed E-state index contributed by atoms with van der Waals surface area (Å²) < 4.78 is 1.22. The lowest BCUT2D eigenvalue weighted by molar-refractivity contribution is 0.660. The summed E-state index contributed by atoms with van der Waals surface area (Å²) in [6, 6.07) is 39.8. The van der Waals surface area contributed by atoms with Crippen LogP contribution in [-0.2, 0) is 5.41 Å². The first-order chi connectivity index (χ1) is 18.6. The molecule has 2 aliphatic rings. The van der Waals surface area contributed by atoms with Crippen molar-refractivity contribution in [2.45, 2.75) is 29.1 Å². The van der Waals surface area contributed by atoms with E-state index in [9.17, 15) is 0 Å². The Hall–Kier alpha value is -3.86. The van der Waals surface area contributed by atoms with E-state index < -0.39 is 0 Å². The fourth-order valence-corrected chi connectivity index (χ4v) is 8.07. The van der Waals surface area contributed by atoms with Crippen LogP contribution < -0.4 is 4.90 Å². The van der Waals surface area contributed by atoms with Crippen LogP contribution in [0.15, 0.2) is 119 Å². The summed E-state index contributed by atoms with van der Waals surface area (Å²) in [6.45, 7) is 4.67. The van der Waals surface area contributed by atoms with Gasteiger partial charge in [0.25, 0.3) is 0 Å². The Morgan fingerprint density at radius 3 is 2.34 bits per heavy atom. The molecule has 182 valence electrons. The van der Waals surface area contributed by atoms with Gasteiger partial charge in [-0.1, -0.05) is 80.2 Å². The Labute approximate surface area is 230 Å². The highest BCUT2D eigenvalue weighted by Gasteiger charge is 2.36. The number of anilines is 3. The highest BCUT2D eigenvalue weighted by molar-refractivity contribution is 7.99. The Morgan fingerprint density at radius 2 is 1.42 bits per heavy atom. The summed E-state index contributed by atoms with van der Waals surface area (Å²) in [5, 5.41) is 1.07. The minimum atomic E-state index is 0.00414. The Bertz CT molecular complexity index is 1870. The molecule has 8 rings (SSSR count). The number of hydrogen-bond acceptors (Lipinski definition) is 4. The molecule has 2 nitrogen and oxygen atoms in total. The van der Waals surface area contributed by atoms with Crippen molar-refractivity contribution >= 4 is 50.4 Å². The number of nitrogens with zero attached hydrogens (tertiary/aromatic N) is 2. The van der Waals surface area contributed by atoms with E-state index in [1.54, 1.807) is 11.3 Å². The third-order valence-corrected chi connectivity index (χ3v) is 10.1. The summed E-state index contributed by atoms with van der Waals surface area (Å²) in [5.41, 5.74) is 11.4. The number of benzene rings is 5. The van der Waals surface area contributed by atoms with Crippen molar-refractivity contribution in [3.63, 3.8) is 0 Å². The molecule has 5 aromatic carbocycles. The number of para-hydroxylation sites is 2. The van der Waals surface area contributed by atoms with E-state index in [4.69, 9.17) is 4.98 Å². The predicted molar refractivity (Wildman–Crippen MR) is 161 cm³/mol. The second-order valence-corrected chi connectivity index (χ2v) is 12.6. The van der Waals surface area contributed by atoms with E-state index in [2.05, 4.69) is 128 Å². The van der Waals surface area contributed by atoms with Gasteiger partial charge in [0, 0.05) is 26.5 Å². The smallest absolute Gasteiger partial charge is 0.124 e. The first-order valence-electron chi connectivity index (χ1n) is 12.9. The lowest BCUT2D eigenvalue weighted by atomic mass is 9.82. The quantitative estimate of drug-likeness (QED) is 0.224. The van der Waals surface area contributed by atoms with Gasteiger partial charge in [0.05, 0.1) is 21.6 Å². The second kappa shape index (κ2) is 8.07. The van der Waals surface area contributed by atoms with Gasteiger partial charge in [-0.3, -0.25) is 0 Å². The maximum absolute atomic E-state index is 4.92. The van der Waals surface area contributed by atoms with Crippen LogP contribution in [0.3, 0.4) is 0 Å². The van der Waals surface area contributed by atoms with Crippen LogP contribution in [0.4, 0.5) is 17.1 Å². The normalized spacial score (nSPS) is 14.6. The molecular formula is C34H24N2S2. The maximum Gasteiger partial charge on any atom is 0.124 e. The van der Waals surface area contributed by atoms with Gasteiger partial charge in [0.1, 0.15) is 5.01 Å². The van der Waals surface area contributed by atoms with Crippen LogP contribution in [0.1, 0.15) is 25.0 Å². The van der Waals surface area contributed by atoms with Gasteiger partial charge in [0.2, 0.25) is 0 Å². The molecular weight excluding hydrogens is 501 g/mol. The second-order valence-electron chi connectivity index (χ2n) is 10.5. The minimum absolute atomic E-state index is 0.00414. The molecule has 38 heavy (non-hydrogen) atoms. The summed E-state index contributed by atoms with van der Waals surface area (Å²) in [4.78, 5) is 9.87. The van der Waals surface area contributed by atoms with Gasteiger partial charge in [-0.15, -0.1) is 11.3 Å². The summed E-state index contributed by atoms with van der Waals surface area (Å²) in [7, 11) is 0. The van der Waals surface area contributed by atoms with Gasteiger partial charge >= 0.3 is 0 Å². The Kier molecular flexibility index (Phi) is 4.70. The molecule has 6 aromatic rings. The third kappa shape index (κ3) is 3.17. The molecule has 0 saturated heterocycles. The first kappa shape index (κ1) is 22.2. The molecule has 0 fully saturated rings. The van der Waals surface area contributed by atoms with E-state index in [0.717, 1.165) is 10.5 Å². The van der Waals surface area contributed by atoms with Crippen molar-refractivity contribution < 1.29 is 0 Å². The third-order valence-electron chi connectivity index (χ3n) is 7.89. The van der Waals surface area contributed by atoms with Crippen LogP contribution in [0.2, 0.25) is 0 Å². The topological polar surface area (TPSA) is 16.1 Å². The van der Waals surface area contributed by atoms with Crippen molar-refractivity contribution in [3.8, 4) is 21.7 Å². The van der Waals surface area contributed by atoms with Gasteiger partial charge in [-0.05, 0) is 76.9 Å².